The van der Waals surface area contributed by atoms with Gasteiger partial charge in [0.1, 0.15) is 0 Å². The van der Waals surface area contributed by atoms with Crippen LogP contribution in [0.2, 0.25) is 0 Å². The molecule has 19 heavy (non-hydrogen) atoms. The highest BCUT2D eigenvalue weighted by atomic mass is 16.5. The van der Waals surface area contributed by atoms with Crippen LogP contribution in [0.3, 0.4) is 0 Å². The van der Waals surface area contributed by atoms with E-state index >= 15 is 0 Å². The lowest BCUT2D eigenvalue weighted by Crippen LogP contribution is -2.51. The van der Waals surface area contributed by atoms with Crippen LogP contribution >= 0.6 is 0 Å². The Kier molecular flexibility index (Phi) is 3.90. The van der Waals surface area contributed by atoms with Gasteiger partial charge in [-0.05, 0) is 38.3 Å². The van der Waals surface area contributed by atoms with E-state index in [4.69, 9.17) is 4.74 Å². The monoisotopic (exact) mass is 259 g/mol. The minimum atomic E-state index is 0.0888. The molecule has 1 saturated heterocycles. The summed E-state index contributed by atoms with van der Waals surface area (Å²) < 4.78 is 6.37. The zero-order chi connectivity index (χ0) is 13.1. The second-order valence-electron chi connectivity index (χ2n) is 6.10. The van der Waals surface area contributed by atoms with Crippen LogP contribution in [-0.4, -0.2) is 25.3 Å². The van der Waals surface area contributed by atoms with Crippen molar-refractivity contribution in [3.63, 3.8) is 0 Å². The molecule has 1 saturated carbocycles. The van der Waals surface area contributed by atoms with Crippen LogP contribution in [0.15, 0.2) is 30.3 Å². The maximum Gasteiger partial charge on any atom is 0.0765 e. The molecule has 1 aromatic carbocycles. The van der Waals surface area contributed by atoms with Crippen molar-refractivity contribution in [2.45, 2.75) is 56.1 Å². The fourth-order valence-electron chi connectivity index (χ4n) is 4.01. The summed E-state index contributed by atoms with van der Waals surface area (Å²) in [6.45, 7) is 0.912. The smallest absolute Gasteiger partial charge is 0.0765 e. The van der Waals surface area contributed by atoms with E-state index in [2.05, 4.69) is 42.7 Å². The standard InChI is InChI=1S/C17H25NO/c1-18-15-10-12-19-17(13-15)11-6-5-9-16(17)14-7-3-2-4-8-14/h2-4,7-8,15-16,18H,5-6,9-13H2,1H3. The summed E-state index contributed by atoms with van der Waals surface area (Å²) in [5.41, 5.74) is 1.56. The van der Waals surface area contributed by atoms with Gasteiger partial charge in [-0.3, -0.25) is 0 Å². The number of ether oxygens (including phenoxy) is 1. The Hall–Kier alpha value is -0.860. The van der Waals surface area contributed by atoms with Gasteiger partial charge in [-0.15, -0.1) is 0 Å². The van der Waals surface area contributed by atoms with E-state index in [0.29, 0.717) is 12.0 Å². The summed E-state index contributed by atoms with van der Waals surface area (Å²) in [6, 6.07) is 11.6. The van der Waals surface area contributed by atoms with Gasteiger partial charge in [0.05, 0.1) is 5.60 Å². The van der Waals surface area contributed by atoms with Gasteiger partial charge in [-0.25, -0.2) is 0 Å². The van der Waals surface area contributed by atoms with E-state index in [9.17, 15) is 0 Å². The van der Waals surface area contributed by atoms with Crippen LogP contribution in [0, 0.1) is 0 Å². The van der Waals surface area contributed by atoms with E-state index in [1.165, 1.54) is 37.7 Å². The topological polar surface area (TPSA) is 21.3 Å². The lowest BCUT2D eigenvalue weighted by Gasteiger charge is -2.49. The van der Waals surface area contributed by atoms with Crippen LogP contribution in [0.4, 0.5) is 0 Å². The first-order valence-electron chi connectivity index (χ1n) is 7.70. The van der Waals surface area contributed by atoms with Crippen LogP contribution in [-0.2, 0) is 4.74 Å². The van der Waals surface area contributed by atoms with Gasteiger partial charge < -0.3 is 10.1 Å². The molecule has 1 N–H and O–H groups in total. The number of benzene rings is 1. The molecule has 3 rings (SSSR count). The summed E-state index contributed by atoms with van der Waals surface area (Å²) in [5, 5.41) is 3.47. The molecule has 1 spiro atoms. The summed E-state index contributed by atoms with van der Waals surface area (Å²) >= 11 is 0. The van der Waals surface area contributed by atoms with Gasteiger partial charge in [0.25, 0.3) is 0 Å². The third kappa shape index (κ3) is 2.56. The SMILES string of the molecule is CNC1CCOC2(CCCCC2c2ccccc2)C1. The number of rotatable bonds is 2. The van der Waals surface area contributed by atoms with E-state index in [-0.39, 0.29) is 5.60 Å². The first-order valence-corrected chi connectivity index (χ1v) is 7.70. The molecular weight excluding hydrogens is 234 g/mol. The van der Waals surface area contributed by atoms with Crippen LogP contribution < -0.4 is 5.32 Å². The molecule has 2 fully saturated rings. The zero-order valence-corrected chi connectivity index (χ0v) is 11.9. The Labute approximate surface area is 116 Å². The molecular formula is C17H25NO. The lowest BCUT2D eigenvalue weighted by molar-refractivity contribution is -0.122. The largest absolute Gasteiger partial charge is 0.374 e. The van der Waals surface area contributed by atoms with Crippen LogP contribution in [0.25, 0.3) is 0 Å². The van der Waals surface area contributed by atoms with E-state index in [1.54, 1.807) is 0 Å². The molecule has 1 heterocycles. The van der Waals surface area contributed by atoms with Crippen molar-refractivity contribution in [1.82, 2.24) is 5.32 Å². The van der Waals surface area contributed by atoms with Crippen molar-refractivity contribution in [3.05, 3.63) is 35.9 Å². The quantitative estimate of drug-likeness (QED) is 0.878. The summed E-state index contributed by atoms with van der Waals surface area (Å²) in [6.07, 6.45) is 7.49. The lowest BCUT2D eigenvalue weighted by atomic mass is 9.68. The second-order valence-corrected chi connectivity index (χ2v) is 6.10. The first-order chi connectivity index (χ1) is 9.34. The molecule has 1 aliphatic heterocycles. The highest BCUT2D eigenvalue weighted by molar-refractivity contribution is 5.24. The van der Waals surface area contributed by atoms with Gasteiger partial charge in [0.15, 0.2) is 0 Å². The Bertz CT molecular complexity index is 401. The molecule has 0 radical (unpaired) electrons. The van der Waals surface area contributed by atoms with Crippen molar-refractivity contribution in [1.29, 1.82) is 0 Å². The Morgan fingerprint density at radius 1 is 1.16 bits per heavy atom. The predicted molar refractivity (Wildman–Crippen MR) is 78.4 cm³/mol. The van der Waals surface area contributed by atoms with Gasteiger partial charge in [-0.2, -0.15) is 0 Å². The highest BCUT2D eigenvalue weighted by Gasteiger charge is 2.45. The average molecular weight is 259 g/mol. The Morgan fingerprint density at radius 2 is 2.00 bits per heavy atom. The summed E-state index contributed by atoms with van der Waals surface area (Å²) in [4.78, 5) is 0. The van der Waals surface area contributed by atoms with Crippen LogP contribution in [0.1, 0.15) is 50.0 Å². The molecule has 3 atom stereocenters. The zero-order valence-electron chi connectivity index (χ0n) is 11.9. The predicted octanol–water partition coefficient (Wildman–Crippen LogP) is 3.48. The van der Waals surface area contributed by atoms with Gasteiger partial charge >= 0.3 is 0 Å². The second kappa shape index (κ2) is 5.64. The molecule has 2 aliphatic rings. The molecule has 1 aromatic rings. The van der Waals surface area contributed by atoms with E-state index < -0.39 is 0 Å². The Balaban J connectivity index is 1.88. The minimum absolute atomic E-state index is 0.0888. The van der Waals surface area contributed by atoms with Gasteiger partial charge in [0.2, 0.25) is 0 Å². The van der Waals surface area contributed by atoms with E-state index in [0.717, 1.165) is 13.0 Å². The highest BCUT2D eigenvalue weighted by Crippen LogP contribution is 2.47. The van der Waals surface area contributed by atoms with Crippen molar-refractivity contribution in [3.8, 4) is 0 Å². The molecule has 0 bridgehead atoms. The average Bonchev–Trinajstić information content (AvgIpc) is 2.49. The number of hydrogen-bond donors (Lipinski definition) is 1. The fraction of sp³-hybridized carbons (Fsp3) is 0.647. The molecule has 0 aromatic heterocycles. The molecule has 104 valence electrons. The third-order valence-corrected chi connectivity index (χ3v) is 5.04. The number of nitrogens with one attached hydrogen (secondary N) is 1. The minimum Gasteiger partial charge on any atom is -0.374 e. The molecule has 2 heteroatoms. The van der Waals surface area contributed by atoms with Crippen molar-refractivity contribution in [2.24, 2.45) is 0 Å². The maximum absolute atomic E-state index is 6.37. The van der Waals surface area contributed by atoms with E-state index in [1.807, 2.05) is 0 Å². The molecule has 3 unspecified atom stereocenters. The van der Waals surface area contributed by atoms with Gasteiger partial charge in [-0.1, -0.05) is 43.2 Å². The first kappa shape index (κ1) is 13.1. The van der Waals surface area contributed by atoms with Gasteiger partial charge in [0, 0.05) is 18.6 Å². The maximum atomic E-state index is 6.37. The van der Waals surface area contributed by atoms with Crippen LogP contribution in [0.5, 0.6) is 0 Å². The molecule has 1 aliphatic carbocycles. The van der Waals surface area contributed by atoms with Crippen molar-refractivity contribution >= 4 is 0 Å². The normalized spacial score (nSPS) is 35.4. The summed E-state index contributed by atoms with van der Waals surface area (Å²) in [5.74, 6) is 0.582. The summed E-state index contributed by atoms with van der Waals surface area (Å²) in [7, 11) is 2.09. The fourth-order valence-corrected chi connectivity index (χ4v) is 4.01. The molecule has 2 nitrogen and oxygen atoms in total. The number of hydrogen-bond acceptors (Lipinski definition) is 2. The Morgan fingerprint density at radius 3 is 2.79 bits per heavy atom. The third-order valence-electron chi connectivity index (χ3n) is 5.04. The molecule has 0 amide bonds. The van der Waals surface area contributed by atoms with Crippen molar-refractivity contribution < 1.29 is 4.74 Å². The van der Waals surface area contributed by atoms with Crippen molar-refractivity contribution in [2.75, 3.05) is 13.7 Å².